The summed E-state index contributed by atoms with van der Waals surface area (Å²) in [7, 11) is 0. The van der Waals surface area contributed by atoms with Gasteiger partial charge in [0.1, 0.15) is 0 Å². The molecule has 0 saturated carbocycles. The number of benzene rings is 2. The van der Waals surface area contributed by atoms with Crippen LogP contribution in [0.25, 0.3) is 0 Å². The van der Waals surface area contributed by atoms with Crippen LogP contribution in [0, 0.1) is 0 Å². The molecule has 136 valence electrons. The Bertz CT molecular complexity index is 805. The SMILES string of the molecule is O=C(NCC(=O)N1CCN(c2cccc(Cl)c2)CC1)c1cccc(Cl)c1. The van der Waals surface area contributed by atoms with Crippen LogP contribution in [-0.2, 0) is 4.79 Å². The number of hydrogen-bond donors (Lipinski definition) is 1. The zero-order valence-corrected chi connectivity index (χ0v) is 15.6. The molecule has 7 heteroatoms. The molecule has 1 aliphatic heterocycles. The largest absolute Gasteiger partial charge is 0.368 e. The van der Waals surface area contributed by atoms with Gasteiger partial charge in [0.05, 0.1) is 6.54 Å². The molecule has 1 saturated heterocycles. The second kappa shape index (κ2) is 8.43. The molecule has 0 aliphatic carbocycles. The van der Waals surface area contributed by atoms with E-state index in [0.717, 1.165) is 18.8 Å². The van der Waals surface area contributed by atoms with E-state index < -0.39 is 0 Å². The van der Waals surface area contributed by atoms with E-state index in [4.69, 9.17) is 23.2 Å². The first kappa shape index (κ1) is 18.5. The van der Waals surface area contributed by atoms with Gasteiger partial charge in [-0.1, -0.05) is 35.3 Å². The van der Waals surface area contributed by atoms with Crippen molar-refractivity contribution in [3.8, 4) is 0 Å². The van der Waals surface area contributed by atoms with E-state index in [2.05, 4.69) is 10.2 Å². The fourth-order valence-corrected chi connectivity index (χ4v) is 3.26. The van der Waals surface area contributed by atoms with Gasteiger partial charge < -0.3 is 15.1 Å². The summed E-state index contributed by atoms with van der Waals surface area (Å²) in [5, 5.41) is 3.84. The van der Waals surface area contributed by atoms with Crippen molar-refractivity contribution in [2.75, 3.05) is 37.6 Å². The third kappa shape index (κ3) is 4.68. The predicted octanol–water partition coefficient (Wildman–Crippen LogP) is 3.07. The normalized spacial score (nSPS) is 14.2. The van der Waals surface area contributed by atoms with Gasteiger partial charge in [0.2, 0.25) is 5.91 Å². The van der Waals surface area contributed by atoms with Gasteiger partial charge in [0.25, 0.3) is 5.91 Å². The molecular formula is C19H19Cl2N3O2. The number of amides is 2. The molecule has 1 N–H and O–H groups in total. The lowest BCUT2D eigenvalue weighted by molar-refractivity contribution is -0.130. The molecule has 5 nitrogen and oxygen atoms in total. The number of halogens is 2. The Balaban J connectivity index is 1.48. The molecule has 0 spiro atoms. The smallest absolute Gasteiger partial charge is 0.251 e. The third-order valence-corrected chi connectivity index (χ3v) is 4.76. The lowest BCUT2D eigenvalue weighted by Gasteiger charge is -2.36. The monoisotopic (exact) mass is 391 g/mol. The third-order valence-electron chi connectivity index (χ3n) is 4.29. The Kier molecular flexibility index (Phi) is 6.01. The predicted molar refractivity (Wildman–Crippen MR) is 104 cm³/mol. The highest BCUT2D eigenvalue weighted by molar-refractivity contribution is 6.31. The first-order valence-corrected chi connectivity index (χ1v) is 9.10. The quantitative estimate of drug-likeness (QED) is 0.870. The topological polar surface area (TPSA) is 52.7 Å². The van der Waals surface area contributed by atoms with Crippen molar-refractivity contribution in [3.63, 3.8) is 0 Å². The maximum absolute atomic E-state index is 12.3. The molecule has 2 aromatic carbocycles. The van der Waals surface area contributed by atoms with Crippen molar-refractivity contribution in [2.45, 2.75) is 0 Å². The summed E-state index contributed by atoms with van der Waals surface area (Å²) in [6.45, 7) is 2.65. The van der Waals surface area contributed by atoms with E-state index in [1.807, 2.05) is 24.3 Å². The first-order chi connectivity index (χ1) is 12.5. The van der Waals surface area contributed by atoms with Gasteiger partial charge in [0, 0.05) is 47.5 Å². The Labute approximate surface area is 162 Å². The maximum Gasteiger partial charge on any atom is 0.251 e. The number of carbonyl (C=O) groups excluding carboxylic acids is 2. The van der Waals surface area contributed by atoms with Gasteiger partial charge in [-0.25, -0.2) is 0 Å². The van der Waals surface area contributed by atoms with Gasteiger partial charge in [-0.05, 0) is 36.4 Å². The molecule has 0 unspecified atom stereocenters. The van der Waals surface area contributed by atoms with Gasteiger partial charge in [0.15, 0.2) is 0 Å². The maximum atomic E-state index is 12.3. The molecule has 1 heterocycles. The Morgan fingerprint density at radius 2 is 1.58 bits per heavy atom. The van der Waals surface area contributed by atoms with Crippen LogP contribution in [0.15, 0.2) is 48.5 Å². The summed E-state index contributed by atoms with van der Waals surface area (Å²) in [4.78, 5) is 28.4. The van der Waals surface area contributed by atoms with Crippen molar-refractivity contribution in [3.05, 3.63) is 64.1 Å². The highest BCUT2D eigenvalue weighted by atomic mass is 35.5. The molecule has 3 rings (SSSR count). The van der Waals surface area contributed by atoms with Crippen LogP contribution < -0.4 is 10.2 Å². The summed E-state index contributed by atoms with van der Waals surface area (Å²) in [5.41, 5.74) is 1.50. The fraction of sp³-hybridized carbons (Fsp3) is 0.263. The van der Waals surface area contributed by atoms with Crippen molar-refractivity contribution in [2.24, 2.45) is 0 Å². The van der Waals surface area contributed by atoms with E-state index in [1.165, 1.54) is 0 Å². The molecule has 0 radical (unpaired) electrons. The molecule has 1 fully saturated rings. The summed E-state index contributed by atoms with van der Waals surface area (Å²) in [6.07, 6.45) is 0. The van der Waals surface area contributed by atoms with Gasteiger partial charge in [-0.3, -0.25) is 9.59 Å². The molecule has 0 aromatic heterocycles. The number of piperazine rings is 1. The lowest BCUT2D eigenvalue weighted by atomic mass is 10.2. The fourth-order valence-electron chi connectivity index (χ4n) is 2.89. The van der Waals surface area contributed by atoms with E-state index in [9.17, 15) is 9.59 Å². The first-order valence-electron chi connectivity index (χ1n) is 8.35. The number of rotatable bonds is 4. The summed E-state index contributed by atoms with van der Waals surface area (Å²) in [5.74, 6) is -0.399. The molecule has 0 bridgehead atoms. The van der Waals surface area contributed by atoms with Crippen LogP contribution in [0.2, 0.25) is 10.0 Å². The van der Waals surface area contributed by atoms with Crippen LogP contribution in [0.4, 0.5) is 5.69 Å². The van der Waals surface area contributed by atoms with Gasteiger partial charge in [-0.15, -0.1) is 0 Å². The average molecular weight is 392 g/mol. The van der Waals surface area contributed by atoms with Gasteiger partial charge in [-0.2, -0.15) is 0 Å². The zero-order valence-electron chi connectivity index (χ0n) is 14.1. The Morgan fingerprint density at radius 3 is 2.23 bits per heavy atom. The van der Waals surface area contributed by atoms with Crippen LogP contribution in [0.5, 0.6) is 0 Å². The van der Waals surface area contributed by atoms with Crippen molar-refractivity contribution in [1.82, 2.24) is 10.2 Å². The molecule has 1 aliphatic rings. The van der Waals surface area contributed by atoms with Crippen molar-refractivity contribution in [1.29, 1.82) is 0 Å². The zero-order chi connectivity index (χ0) is 18.5. The molecule has 2 aromatic rings. The van der Waals surface area contributed by atoms with Crippen LogP contribution in [-0.4, -0.2) is 49.4 Å². The van der Waals surface area contributed by atoms with E-state index in [0.29, 0.717) is 28.7 Å². The second-order valence-corrected chi connectivity index (χ2v) is 6.91. The lowest BCUT2D eigenvalue weighted by Crippen LogP contribution is -2.51. The molecule has 26 heavy (non-hydrogen) atoms. The number of nitrogens with one attached hydrogen (secondary N) is 1. The summed E-state index contributed by atoms with van der Waals surface area (Å²) in [6, 6.07) is 14.3. The van der Waals surface area contributed by atoms with Crippen molar-refractivity contribution >= 4 is 40.7 Å². The van der Waals surface area contributed by atoms with Crippen LogP contribution in [0.1, 0.15) is 10.4 Å². The second-order valence-electron chi connectivity index (χ2n) is 6.04. The molecular weight excluding hydrogens is 373 g/mol. The highest BCUT2D eigenvalue weighted by Crippen LogP contribution is 2.20. The Morgan fingerprint density at radius 1 is 0.923 bits per heavy atom. The minimum absolute atomic E-state index is 0.0253. The minimum atomic E-state index is -0.307. The summed E-state index contributed by atoms with van der Waals surface area (Å²) >= 11 is 11.9. The number of nitrogens with zero attached hydrogens (tertiary/aromatic N) is 2. The average Bonchev–Trinajstić information content (AvgIpc) is 2.66. The minimum Gasteiger partial charge on any atom is -0.368 e. The number of carbonyl (C=O) groups is 2. The molecule has 2 amide bonds. The van der Waals surface area contributed by atoms with Crippen molar-refractivity contribution < 1.29 is 9.59 Å². The number of hydrogen-bond acceptors (Lipinski definition) is 3. The van der Waals surface area contributed by atoms with Crippen LogP contribution >= 0.6 is 23.2 Å². The van der Waals surface area contributed by atoms with E-state index in [-0.39, 0.29) is 18.4 Å². The van der Waals surface area contributed by atoms with Crippen LogP contribution in [0.3, 0.4) is 0 Å². The molecule has 0 atom stereocenters. The van der Waals surface area contributed by atoms with E-state index >= 15 is 0 Å². The Hall–Kier alpha value is -2.24. The number of anilines is 1. The highest BCUT2D eigenvalue weighted by Gasteiger charge is 2.21. The summed E-state index contributed by atoms with van der Waals surface area (Å²) < 4.78 is 0. The van der Waals surface area contributed by atoms with Gasteiger partial charge >= 0.3 is 0 Å². The standard InChI is InChI=1S/C19H19Cl2N3O2/c20-15-4-1-3-14(11-15)19(26)22-13-18(25)24-9-7-23(8-10-24)17-6-2-5-16(21)12-17/h1-6,11-12H,7-10,13H2,(H,22,26). The van der Waals surface area contributed by atoms with E-state index in [1.54, 1.807) is 29.2 Å².